The normalized spacial score (nSPS) is 11.8. The number of rotatable bonds is 1. The van der Waals surface area contributed by atoms with Gasteiger partial charge < -0.3 is 4.40 Å². The highest BCUT2D eigenvalue weighted by Crippen LogP contribution is 2.37. The summed E-state index contributed by atoms with van der Waals surface area (Å²) in [6.45, 7) is 0. The van der Waals surface area contributed by atoms with Gasteiger partial charge in [0.2, 0.25) is 0 Å². The van der Waals surface area contributed by atoms with E-state index in [4.69, 9.17) is 0 Å². The molecule has 2 heteroatoms. The Hall–Kier alpha value is -2.87. The molecule has 0 saturated carbocycles. The molecule has 2 aromatic carbocycles. The average molecular weight is 268 g/mol. The first kappa shape index (κ1) is 10.9. The first-order valence-corrected chi connectivity index (χ1v) is 7.09. The predicted molar refractivity (Wildman–Crippen MR) is 86.8 cm³/mol. The molecule has 0 radical (unpaired) electrons. The van der Waals surface area contributed by atoms with Crippen LogP contribution in [0.1, 0.15) is 0 Å². The fraction of sp³-hybridized carbons (Fsp3) is 0. The van der Waals surface area contributed by atoms with Crippen molar-refractivity contribution in [1.82, 2.24) is 9.38 Å². The second-order valence-corrected chi connectivity index (χ2v) is 5.34. The molecule has 98 valence electrons. The Balaban J connectivity index is 2.07. The summed E-state index contributed by atoms with van der Waals surface area (Å²) in [5.41, 5.74) is 4.70. The zero-order chi connectivity index (χ0) is 13.8. The monoisotopic (exact) mass is 268 g/mol. The van der Waals surface area contributed by atoms with Crippen LogP contribution in [0.5, 0.6) is 0 Å². The van der Waals surface area contributed by atoms with Crippen LogP contribution < -0.4 is 0 Å². The van der Waals surface area contributed by atoms with Crippen molar-refractivity contribution in [3.8, 4) is 11.4 Å². The summed E-state index contributed by atoms with van der Waals surface area (Å²) >= 11 is 0. The van der Waals surface area contributed by atoms with E-state index in [-0.39, 0.29) is 0 Å². The van der Waals surface area contributed by atoms with Crippen LogP contribution in [0.3, 0.4) is 0 Å². The summed E-state index contributed by atoms with van der Waals surface area (Å²) in [5, 5.41) is 3.88. The Labute approximate surface area is 121 Å². The molecule has 21 heavy (non-hydrogen) atoms. The summed E-state index contributed by atoms with van der Waals surface area (Å²) in [5.74, 6) is 0. The molecule has 0 N–H and O–H groups in total. The molecule has 0 fully saturated rings. The predicted octanol–water partition coefficient (Wildman–Crippen LogP) is 4.75. The van der Waals surface area contributed by atoms with Gasteiger partial charge in [0, 0.05) is 22.4 Å². The van der Waals surface area contributed by atoms with Gasteiger partial charge in [0.05, 0.1) is 22.4 Å². The van der Waals surface area contributed by atoms with E-state index in [0.717, 1.165) is 11.4 Å². The van der Waals surface area contributed by atoms with E-state index in [9.17, 15) is 0 Å². The first-order valence-electron chi connectivity index (χ1n) is 7.09. The molecule has 0 saturated heterocycles. The standard InChI is InChI=1S/C19H12N2/c1-2-10-17-14(7-1)15-8-5-6-13-12-18(21(17)19(13)15)16-9-3-4-11-20-16/h1-12H. The van der Waals surface area contributed by atoms with Crippen molar-refractivity contribution in [3.05, 3.63) is 72.9 Å². The third-order valence-electron chi connectivity index (χ3n) is 4.19. The number of nitrogens with zero attached hydrogens (tertiary/aromatic N) is 2. The smallest absolute Gasteiger partial charge is 0.0870 e. The zero-order valence-corrected chi connectivity index (χ0v) is 11.3. The number of hydrogen-bond donors (Lipinski definition) is 0. The Bertz CT molecular complexity index is 1070. The number of fused-ring (bicyclic) bond motifs is 3. The van der Waals surface area contributed by atoms with E-state index in [1.165, 1.54) is 27.2 Å². The van der Waals surface area contributed by atoms with E-state index in [0.29, 0.717) is 0 Å². The number of aromatic nitrogens is 2. The van der Waals surface area contributed by atoms with Gasteiger partial charge in [-0.15, -0.1) is 0 Å². The highest BCUT2D eigenvalue weighted by atomic mass is 14.9. The average Bonchev–Trinajstić information content (AvgIpc) is 3.10. The van der Waals surface area contributed by atoms with Gasteiger partial charge in [0.25, 0.3) is 0 Å². The van der Waals surface area contributed by atoms with Crippen molar-refractivity contribution >= 4 is 27.2 Å². The van der Waals surface area contributed by atoms with Crippen molar-refractivity contribution in [2.24, 2.45) is 0 Å². The van der Waals surface area contributed by atoms with Gasteiger partial charge in [-0.1, -0.05) is 42.5 Å². The number of hydrogen-bond acceptors (Lipinski definition) is 1. The molecule has 5 rings (SSSR count). The van der Waals surface area contributed by atoms with Gasteiger partial charge in [-0.05, 0) is 24.3 Å². The molecule has 3 heterocycles. The second kappa shape index (κ2) is 3.83. The maximum Gasteiger partial charge on any atom is 0.0870 e. The van der Waals surface area contributed by atoms with Gasteiger partial charge in [-0.25, -0.2) is 0 Å². The summed E-state index contributed by atoms with van der Waals surface area (Å²) in [6.07, 6.45) is 1.85. The number of para-hydroxylation sites is 2. The van der Waals surface area contributed by atoms with Crippen molar-refractivity contribution in [2.45, 2.75) is 0 Å². The van der Waals surface area contributed by atoms with Gasteiger partial charge >= 0.3 is 0 Å². The molecule has 0 aliphatic carbocycles. The van der Waals surface area contributed by atoms with Crippen LogP contribution in [0.4, 0.5) is 0 Å². The third kappa shape index (κ3) is 1.34. The SMILES string of the molecule is c1ccc(-c2cc3cccc4c5ccccc5n2c34)nc1. The Kier molecular flexibility index (Phi) is 1.98. The maximum absolute atomic E-state index is 4.53. The molecule has 2 nitrogen and oxygen atoms in total. The molecule has 0 atom stereocenters. The fourth-order valence-corrected chi connectivity index (χ4v) is 3.33. The van der Waals surface area contributed by atoms with Crippen LogP contribution in [-0.4, -0.2) is 9.38 Å². The van der Waals surface area contributed by atoms with Crippen LogP contribution in [0, 0.1) is 0 Å². The first-order chi connectivity index (χ1) is 10.4. The second-order valence-electron chi connectivity index (χ2n) is 5.34. The van der Waals surface area contributed by atoms with Gasteiger partial charge in [-0.2, -0.15) is 0 Å². The number of benzene rings is 2. The topological polar surface area (TPSA) is 17.3 Å². The largest absolute Gasteiger partial charge is 0.306 e. The molecular weight excluding hydrogens is 256 g/mol. The quantitative estimate of drug-likeness (QED) is 0.429. The zero-order valence-electron chi connectivity index (χ0n) is 11.3. The molecule has 0 aliphatic rings. The van der Waals surface area contributed by atoms with E-state index in [2.05, 4.69) is 64.0 Å². The van der Waals surface area contributed by atoms with Gasteiger partial charge in [0.15, 0.2) is 0 Å². The Morgan fingerprint density at radius 2 is 1.62 bits per heavy atom. The Morgan fingerprint density at radius 1 is 0.762 bits per heavy atom. The van der Waals surface area contributed by atoms with Crippen LogP contribution in [0.2, 0.25) is 0 Å². The highest BCUT2D eigenvalue weighted by Gasteiger charge is 2.16. The molecule has 0 bridgehead atoms. The van der Waals surface area contributed by atoms with E-state index < -0.39 is 0 Å². The maximum atomic E-state index is 4.53. The minimum absolute atomic E-state index is 1.01. The van der Waals surface area contributed by atoms with E-state index in [1.807, 2.05) is 18.3 Å². The lowest BCUT2D eigenvalue weighted by Crippen LogP contribution is -1.87. The van der Waals surface area contributed by atoms with E-state index in [1.54, 1.807) is 0 Å². The summed E-state index contributed by atoms with van der Waals surface area (Å²) in [6, 6.07) is 23.4. The third-order valence-corrected chi connectivity index (χ3v) is 4.19. The lowest BCUT2D eigenvalue weighted by atomic mass is 10.1. The van der Waals surface area contributed by atoms with Crippen LogP contribution >= 0.6 is 0 Å². The van der Waals surface area contributed by atoms with Gasteiger partial charge in [-0.3, -0.25) is 4.98 Å². The summed E-state index contributed by atoms with van der Waals surface area (Å²) < 4.78 is 2.34. The molecule has 0 amide bonds. The Morgan fingerprint density at radius 3 is 2.52 bits per heavy atom. The van der Waals surface area contributed by atoms with Crippen molar-refractivity contribution in [2.75, 3.05) is 0 Å². The van der Waals surface area contributed by atoms with Gasteiger partial charge in [0.1, 0.15) is 0 Å². The summed E-state index contributed by atoms with van der Waals surface area (Å²) in [4.78, 5) is 4.53. The van der Waals surface area contributed by atoms with E-state index >= 15 is 0 Å². The summed E-state index contributed by atoms with van der Waals surface area (Å²) in [7, 11) is 0. The molecule has 3 aromatic heterocycles. The lowest BCUT2D eigenvalue weighted by molar-refractivity contribution is 1.24. The van der Waals surface area contributed by atoms with Crippen molar-refractivity contribution in [1.29, 1.82) is 0 Å². The van der Waals surface area contributed by atoms with Crippen molar-refractivity contribution in [3.63, 3.8) is 0 Å². The molecular formula is C19H12N2. The van der Waals surface area contributed by atoms with Crippen LogP contribution in [0.15, 0.2) is 72.9 Å². The molecule has 5 aromatic rings. The fourth-order valence-electron chi connectivity index (χ4n) is 3.33. The molecule has 0 aliphatic heterocycles. The molecule has 0 unspecified atom stereocenters. The highest BCUT2D eigenvalue weighted by molar-refractivity contribution is 6.15. The lowest BCUT2D eigenvalue weighted by Gasteiger charge is -2.01. The minimum atomic E-state index is 1.01. The molecule has 0 spiro atoms. The number of pyridine rings is 1. The van der Waals surface area contributed by atoms with Crippen LogP contribution in [0.25, 0.3) is 38.6 Å². The van der Waals surface area contributed by atoms with Crippen molar-refractivity contribution < 1.29 is 0 Å². The minimum Gasteiger partial charge on any atom is -0.306 e. The van der Waals surface area contributed by atoms with Crippen LogP contribution in [-0.2, 0) is 0 Å².